The van der Waals surface area contributed by atoms with Gasteiger partial charge in [0.2, 0.25) is 5.91 Å². The van der Waals surface area contributed by atoms with Crippen molar-refractivity contribution in [3.63, 3.8) is 0 Å². The van der Waals surface area contributed by atoms with Crippen molar-refractivity contribution < 1.29 is 17.9 Å². The van der Waals surface area contributed by atoms with E-state index in [2.05, 4.69) is 10.6 Å². The van der Waals surface area contributed by atoms with Crippen molar-refractivity contribution in [3.8, 4) is 5.75 Å². The lowest BCUT2D eigenvalue weighted by Crippen LogP contribution is -2.39. The summed E-state index contributed by atoms with van der Waals surface area (Å²) in [6, 6.07) is 6.38. The van der Waals surface area contributed by atoms with Crippen LogP contribution in [0.2, 0.25) is 0 Å². The van der Waals surface area contributed by atoms with Crippen molar-refractivity contribution >= 4 is 28.2 Å². The van der Waals surface area contributed by atoms with Crippen LogP contribution in [-0.2, 0) is 14.6 Å². The molecule has 1 amide bonds. The Balaban J connectivity index is 0.00000484. The van der Waals surface area contributed by atoms with Gasteiger partial charge < -0.3 is 15.4 Å². The molecular weight excluding hydrogens is 340 g/mol. The average molecular weight is 365 g/mol. The van der Waals surface area contributed by atoms with E-state index in [1.807, 2.05) is 13.8 Å². The Morgan fingerprint density at radius 1 is 1.26 bits per heavy atom. The van der Waals surface area contributed by atoms with Crippen molar-refractivity contribution in [3.05, 3.63) is 24.3 Å². The molecule has 1 atom stereocenters. The molecule has 1 aromatic rings. The minimum absolute atomic E-state index is 0. The molecule has 0 radical (unpaired) electrons. The topological polar surface area (TPSA) is 84.5 Å². The molecule has 23 heavy (non-hydrogen) atoms. The van der Waals surface area contributed by atoms with Gasteiger partial charge in [0.15, 0.2) is 9.84 Å². The van der Waals surface area contributed by atoms with Crippen LogP contribution in [0.3, 0.4) is 0 Å². The van der Waals surface area contributed by atoms with Gasteiger partial charge in [0.25, 0.3) is 0 Å². The van der Waals surface area contributed by atoms with Crippen LogP contribution < -0.4 is 15.4 Å². The Morgan fingerprint density at radius 2 is 1.87 bits per heavy atom. The lowest BCUT2D eigenvalue weighted by molar-refractivity contribution is -0.121. The monoisotopic (exact) mass is 364 g/mol. The molecular formula is C15H25ClN2O4S. The minimum Gasteiger partial charge on any atom is -0.493 e. The minimum atomic E-state index is -3.20. The van der Waals surface area contributed by atoms with Crippen LogP contribution in [0.4, 0.5) is 0 Å². The van der Waals surface area contributed by atoms with E-state index in [1.165, 1.54) is 12.1 Å². The van der Waals surface area contributed by atoms with E-state index in [9.17, 15) is 13.2 Å². The van der Waals surface area contributed by atoms with Crippen LogP contribution in [0, 0.1) is 0 Å². The summed E-state index contributed by atoms with van der Waals surface area (Å²) in [6.45, 7) is 5.71. The number of likely N-dealkylation sites (N-methyl/N-ethyl adjacent to an activating group) is 1. The molecule has 0 aromatic heterocycles. The lowest BCUT2D eigenvalue weighted by atomic mass is 10.3. The Hall–Kier alpha value is -1.31. The molecule has 0 saturated heterocycles. The van der Waals surface area contributed by atoms with E-state index in [0.29, 0.717) is 12.3 Å². The van der Waals surface area contributed by atoms with Gasteiger partial charge in [-0.05, 0) is 37.7 Å². The van der Waals surface area contributed by atoms with Gasteiger partial charge in [0.05, 0.1) is 17.9 Å². The van der Waals surface area contributed by atoms with Crippen molar-refractivity contribution in [2.75, 3.05) is 26.0 Å². The summed E-state index contributed by atoms with van der Waals surface area (Å²) < 4.78 is 28.1. The number of nitrogens with one attached hydrogen (secondary N) is 2. The zero-order valence-electron chi connectivity index (χ0n) is 13.7. The second kappa shape index (κ2) is 10.5. The molecule has 0 aliphatic heterocycles. The van der Waals surface area contributed by atoms with E-state index in [4.69, 9.17) is 4.74 Å². The number of carbonyl (C=O) groups is 1. The van der Waals surface area contributed by atoms with Crippen LogP contribution in [0.5, 0.6) is 5.75 Å². The predicted octanol–water partition coefficient (Wildman–Crippen LogP) is 1.40. The van der Waals surface area contributed by atoms with Gasteiger partial charge in [0, 0.05) is 18.8 Å². The van der Waals surface area contributed by atoms with Gasteiger partial charge in [0.1, 0.15) is 5.75 Å². The second-order valence-corrected chi connectivity index (χ2v) is 7.12. The van der Waals surface area contributed by atoms with Crippen molar-refractivity contribution in [2.24, 2.45) is 0 Å². The summed E-state index contributed by atoms with van der Waals surface area (Å²) in [6.07, 6.45) is 1.41. The Morgan fingerprint density at radius 3 is 2.39 bits per heavy atom. The number of halogens is 1. The Bertz CT molecular complexity index is 576. The van der Waals surface area contributed by atoms with Gasteiger partial charge in [-0.3, -0.25) is 4.79 Å². The first-order valence-electron chi connectivity index (χ1n) is 7.26. The molecule has 132 valence electrons. The highest BCUT2D eigenvalue weighted by Crippen LogP contribution is 2.15. The number of carbonyl (C=O) groups excluding carboxylic acids is 1. The molecule has 0 saturated carbocycles. The van der Waals surface area contributed by atoms with Crippen LogP contribution in [-0.4, -0.2) is 46.3 Å². The third kappa shape index (κ3) is 8.78. The van der Waals surface area contributed by atoms with Gasteiger partial charge in [-0.1, -0.05) is 6.92 Å². The predicted molar refractivity (Wildman–Crippen MR) is 93.1 cm³/mol. The summed E-state index contributed by atoms with van der Waals surface area (Å²) in [4.78, 5) is 11.9. The number of benzene rings is 1. The molecule has 0 heterocycles. The number of sulfone groups is 1. The maximum atomic E-state index is 11.6. The van der Waals surface area contributed by atoms with Crippen molar-refractivity contribution in [2.45, 2.75) is 31.2 Å². The summed E-state index contributed by atoms with van der Waals surface area (Å²) in [5.41, 5.74) is 0. The molecule has 2 N–H and O–H groups in total. The highest BCUT2D eigenvalue weighted by molar-refractivity contribution is 7.90. The number of amides is 1. The summed E-state index contributed by atoms with van der Waals surface area (Å²) in [7, 11) is -3.20. The zero-order valence-corrected chi connectivity index (χ0v) is 15.3. The first-order valence-corrected chi connectivity index (χ1v) is 9.15. The van der Waals surface area contributed by atoms with Gasteiger partial charge in [-0.15, -0.1) is 12.4 Å². The van der Waals surface area contributed by atoms with Crippen LogP contribution in [0.15, 0.2) is 29.2 Å². The fraction of sp³-hybridized carbons (Fsp3) is 0.533. The SMILES string of the molecule is CCN[C@H](C)CNC(=O)CCOc1ccc(S(C)(=O)=O)cc1.Cl. The fourth-order valence-electron chi connectivity index (χ4n) is 1.82. The van der Waals surface area contributed by atoms with Gasteiger partial charge >= 0.3 is 0 Å². The molecule has 6 nitrogen and oxygen atoms in total. The summed E-state index contributed by atoms with van der Waals surface area (Å²) >= 11 is 0. The smallest absolute Gasteiger partial charge is 0.223 e. The van der Waals surface area contributed by atoms with Crippen LogP contribution in [0.1, 0.15) is 20.3 Å². The second-order valence-electron chi connectivity index (χ2n) is 5.10. The molecule has 0 fully saturated rings. The number of hydrogen-bond acceptors (Lipinski definition) is 5. The maximum Gasteiger partial charge on any atom is 0.223 e. The fourth-order valence-corrected chi connectivity index (χ4v) is 2.45. The Labute approximate surface area is 144 Å². The highest BCUT2D eigenvalue weighted by Gasteiger charge is 2.07. The van der Waals surface area contributed by atoms with Crippen molar-refractivity contribution in [1.82, 2.24) is 10.6 Å². The molecule has 0 bridgehead atoms. The molecule has 0 aliphatic carbocycles. The lowest BCUT2D eigenvalue weighted by Gasteiger charge is -2.13. The average Bonchev–Trinajstić information content (AvgIpc) is 2.45. The van der Waals surface area contributed by atoms with Gasteiger partial charge in [-0.25, -0.2) is 8.42 Å². The summed E-state index contributed by atoms with van der Waals surface area (Å²) in [5, 5.41) is 6.03. The van der Waals surface area contributed by atoms with E-state index in [0.717, 1.165) is 12.8 Å². The normalized spacial score (nSPS) is 12.1. The van der Waals surface area contributed by atoms with Crippen LogP contribution in [0.25, 0.3) is 0 Å². The Kier molecular flexibility index (Phi) is 9.87. The first-order chi connectivity index (χ1) is 10.3. The molecule has 0 unspecified atom stereocenters. The molecule has 1 rings (SSSR count). The summed E-state index contributed by atoms with van der Waals surface area (Å²) in [5.74, 6) is 0.471. The first kappa shape index (κ1) is 21.7. The van der Waals surface area contributed by atoms with Gasteiger partial charge in [-0.2, -0.15) is 0 Å². The highest BCUT2D eigenvalue weighted by atomic mass is 35.5. The number of hydrogen-bond donors (Lipinski definition) is 2. The maximum absolute atomic E-state index is 11.6. The van der Waals surface area contributed by atoms with Crippen molar-refractivity contribution in [1.29, 1.82) is 0 Å². The van der Waals surface area contributed by atoms with Crippen LogP contribution >= 0.6 is 12.4 Å². The number of rotatable bonds is 9. The van der Waals surface area contributed by atoms with E-state index >= 15 is 0 Å². The van der Waals surface area contributed by atoms with E-state index < -0.39 is 9.84 Å². The van der Waals surface area contributed by atoms with E-state index in [1.54, 1.807) is 12.1 Å². The third-order valence-electron chi connectivity index (χ3n) is 3.01. The largest absolute Gasteiger partial charge is 0.493 e. The molecule has 8 heteroatoms. The standard InChI is InChI=1S/C15H24N2O4S.ClH/c1-4-16-12(2)11-17-15(18)9-10-21-13-5-7-14(8-6-13)22(3,19)20;/h5-8,12,16H,4,9-11H2,1-3H3,(H,17,18);1H/t12-;/m1./s1. The zero-order chi connectivity index (χ0) is 16.6. The third-order valence-corrected chi connectivity index (χ3v) is 4.14. The molecule has 0 aliphatic rings. The molecule has 1 aromatic carbocycles. The quantitative estimate of drug-likeness (QED) is 0.691. The van der Waals surface area contributed by atoms with E-state index in [-0.39, 0.29) is 42.3 Å². The number of ether oxygens (including phenoxy) is 1. The molecule has 0 spiro atoms.